The van der Waals surface area contributed by atoms with Gasteiger partial charge in [-0.25, -0.2) is 9.40 Å². The van der Waals surface area contributed by atoms with Gasteiger partial charge in [0, 0.05) is 42.3 Å². The number of pyridine rings is 1. The molecular formula is C27H21FN4O2S. The molecule has 4 aromatic rings. The fourth-order valence-corrected chi connectivity index (χ4v) is 5.75. The molecule has 35 heavy (non-hydrogen) atoms. The summed E-state index contributed by atoms with van der Waals surface area (Å²) in [5, 5.41) is 19.7. The van der Waals surface area contributed by atoms with Crippen molar-refractivity contribution >= 4 is 23.0 Å². The minimum atomic E-state index is -0.769. The number of phenolic OH excluding ortho intramolecular Hbond substituents is 1. The van der Waals surface area contributed by atoms with E-state index in [2.05, 4.69) is 27.5 Å². The van der Waals surface area contributed by atoms with Crippen molar-refractivity contribution in [1.82, 2.24) is 15.3 Å². The van der Waals surface area contributed by atoms with Gasteiger partial charge in [0.25, 0.3) is 5.91 Å². The summed E-state index contributed by atoms with van der Waals surface area (Å²) in [6, 6.07) is 17.0. The van der Waals surface area contributed by atoms with Gasteiger partial charge < -0.3 is 10.4 Å². The van der Waals surface area contributed by atoms with Crippen LogP contribution < -0.4 is 5.32 Å². The van der Waals surface area contributed by atoms with Gasteiger partial charge in [0.05, 0.1) is 22.2 Å². The fourth-order valence-electron chi connectivity index (χ4n) is 4.76. The van der Waals surface area contributed by atoms with Crippen LogP contribution in [0.4, 0.5) is 4.39 Å². The molecule has 4 heterocycles. The van der Waals surface area contributed by atoms with Crippen LogP contribution in [0.2, 0.25) is 0 Å². The number of amides is 1. The molecule has 0 saturated carbocycles. The number of benzene rings is 2. The molecule has 0 bridgehead atoms. The quantitative estimate of drug-likeness (QED) is 0.415. The van der Waals surface area contributed by atoms with Gasteiger partial charge in [0.2, 0.25) is 0 Å². The molecule has 2 N–H and O–H groups in total. The third kappa shape index (κ3) is 3.80. The molecule has 6 rings (SSSR count). The first-order valence-electron chi connectivity index (χ1n) is 11.3. The lowest BCUT2D eigenvalue weighted by Crippen LogP contribution is -2.27. The van der Waals surface area contributed by atoms with Gasteiger partial charge in [0.15, 0.2) is 0 Å². The van der Waals surface area contributed by atoms with Gasteiger partial charge in [-0.2, -0.15) is 5.10 Å². The van der Waals surface area contributed by atoms with Crippen LogP contribution in [-0.2, 0) is 13.1 Å². The van der Waals surface area contributed by atoms with E-state index >= 15 is 0 Å². The highest BCUT2D eigenvalue weighted by Gasteiger charge is 2.37. The molecule has 2 aliphatic rings. The molecule has 2 aromatic heterocycles. The molecule has 1 atom stereocenters. The Balaban J connectivity index is 1.39. The van der Waals surface area contributed by atoms with E-state index in [4.69, 9.17) is 0 Å². The zero-order valence-electron chi connectivity index (χ0n) is 18.6. The van der Waals surface area contributed by atoms with Crippen LogP contribution in [0.5, 0.6) is 5.75 Å². The maximum absolute atomic E-state index is 14.9. The zero-order valence-corrected chi connectivity index (χ0v) is 19.4. The van der Waals surface area contributed by atoms with Gasteiger partial charge >= 0.3 is 0 Å². The second-order valence-electron chi connectivity index (χ2n) is 8.54. The van der Waals surface area contributed by atoms with Crippen molar-refractivity contribution in [2.75, 3.05) is 0 Å². The molecular weight excluding hydrogens is 463 g/mol. The molecule has 0 aliphatic carbocycles. The van der Waals surface area contributed by atoms with Crippen LogP contribution in [0.3, 0.4) is 0 Å². The van der Waals surface area contributed by atoms with Crippen molar-refractivity contribution in [3.8, 4) is 16.2 Å². The normalized spacial score (nSPS) is 16.9. The lowest BCUT2D eigenvalue weighted by molar-refractivity contribution is 0.0712. The number of fused-ring (bicyclic) bond motifs is 1. The Morgan fingerprint density at radius 3 is 2.80 bits per heavy atom. The highest BCUT2D eigenvalue weighted by Crippen LogP contribution is 2.41. The third-order valence-electron chi connectivity index (χ3n) is 6.45. The second-order valence-corrected chi connectivity index (χ2v) is 9.63. The number of nitrogens with one attached hydrogen (secondary N) is 1. The Bertz CT molecular complexity index is 1450. The van der Waals surface area contributed by atoms with Crippen molar-refractivity contribution < 1.29 is 14.3 Å². The van der Waals surface area contributed by atoms with Gasteiger partial charge in [0.1, 0.15) is 11.6 Å². The highest BCUT2D eigenvalue weighted by molar-refractivity contribution is 7.17. The molecule has 0 fully saturated rings. The Kier molecular flexibility index (Phi) is 5.39. The van der Waals surface area contributed by atoms with Crippen molar-refractivity contribution in [2.45, 2.75) is 25.6 Å². The molecule has 6 nitrogen and oxygen atoms in total. The summed E-state index contributed by atoms with van der Waals surface area (Å²) in [7, 11) is 0. The summed E-state index contributed by atoms with van der Waals surface area (Å²) < 4.78 is 14.9. The summed E-state index contributed by atoms with van der Waals surface area (Å²) in [4.78, 5) is 19.3. The van der Waals surface area contributed by atoms with Crippen LogP contribution in [0.15, 0.2) is 78.2 Å². The number of hydrogen-bond donors (Lipinski definition) is 2. The molecule has 8 heteroatoms. The number of phenols is 1. The first-order chi connectivity index (χ1) is 17.1. The van der Waals surface area contributed by atoms with Crippen molar-refractivity contribution in [3.63, 3.8) is 0 Å². The third-order valence-corrected chi connectivity index (χ3v) is 7.56. The van der Waals surface area contributed by atoms with E-state index < -0.39 is 11.9 Å². The van der Waals surface area contributed by atoms with Crippen LogP contribution in [-0.4, -0.2) is 26.7 Å². The molecule has 0 spiro atoms. The van der Waals surface area contributed by atoms with E-state index in [1.807, 2.05) is 18.2 Å². The molecule has 0 saturated heterocycles. The van der Waals surface area contributed by atoms with Crippen molar-refractivity contribution in [2.24, 2.45) is 5.10 Å². The number of rotatable bonds is 4. The number of aromatic nitrogens is 1. The maximum atomic E-state index is 14.9. The highest BCUT2D eigenvalue weighted by atomic mass is 32.1. The number of carbonyl (C=O) groups excluding carboxylic acids is 1. The van der Waals surface area contributed by atoms with Crippen LogP contribution in [0.25, 0.3) is 10.4 Å². The Morgan fingerprint density at radius 1 is 1.09 bits per heavy atom. The summed E-state index contributed by atoms with van der Waals surface area (Å²) >= 11 is 1.39. The minimum Gasteiger partial charge on any atom is -0.507 e. The van der Waals surface area contributed by atoms with Gasteiger partial charge in [-0.15, -0.1) is 11.3 Å². The number of hydrogen-bond acceptors (Lipinski definition) is 6. The predicted octanol–water partition coefficient (Wildman–Crippen LogP) is 5.25. The molecule has 1 amide bonds. The van der Waals surface area contributed by atoms with E-state index in [0.717, 1.165) is 29.1 Å². The molecule has 2 aromatic carbocycles. The molecule has 2 aliphatic heterocycles. The number of halogens is 1. The molecule has 1 unspecified atom stereocenters. The zero-order chi connectivity index (χ0) is 23.9. The van der Waals surface area contributed by atoms with Crippen molar-refractivity contribution in [1.29, 1.82) is 0 Å². The van der Waals surface area contributed by atoms with E-state index in [-0.39, 0.29) is 23.6 Å². The topological polar surface area (TPSA) is 77.8 Å². The first kappa shape index (κ1) is 21.6. The average Bonchev–Trinajstić information content (AvgIpc) is 3.63. The molecule has 0 radical (unpaired) electrons. The minimum absolute atomic E-state index is 0.0622. The Hall–Kier alpha value is -3.88. The predicted molar refractivity (Wildman–Crippen MR) is 133 cm³/mol. The Morgan fingerprint density at radius 2 is 1.97 bits per heavy atom. The summed E-state index contributed by atoms with van der Waals surface area (Å²) in [6.07, 6.45) is 3.59. The summed E-state index contributed by atoms with van der Waals surface area (Å²) in [5.41, 5.74) is 5.06. The van der Waals surface area contributed by atoms with E-state index in [9.17, 15) is 14.3 Å². The van der Waals surface area contributed by atoms with Crippen LogP contribution in [0, 0.1) is 5.82 Å². The van der Waals surface area contributed by atoms with Crippen molar-refractivity contribution in [3.05, 3.63) is 106 Å². The van der Waals surface area contributed by atoms with Gasteiger partial charge in [-0.05, 0) is 47.0 Å². The van der Waals surface area contributed by atoms with E-state index in [1.54, 1.807) is 24.5 Å². The SMILES string of the molecule is O=C(c1ccc(-c2cccc3c2CNC3)s1)N1N=C(c2cccnc2)CC1c1c(O)cccc1F. The standard InChI is InChI=1S/C27H21FN4O2S/c28-20-7-2-8-23(33)26(20)22-12-21(17-5-3-11-29-14-17)31-32(22)27(34)25-10-9-24(35-25)18-6-1-4-16-13-30-15-19(16)18/h1-11,14,22,30,33H,12-13,15H2. The maximum Gasteiger partial charge on any atom is 0.284 e. The second kappa shape index (κ2) is 8.72. The molecule has 174 valence electrons. The summed E-state index contributed by atoms with van der Waals surface area (Å²) in [5.74, 6) is -1.11. The smallest absolute Gasteiger partial charge is 0.284 e. The van der Waals surface area contributed by atoms with E-state index in [0.29, 0.717) is 10.6 Å². The number of aromatic hydroxyl groups is 1. The number of nitrogens with zero attached hydrogens (tertiary/aromatic N) is 3. The monoisotopic (exact) mass is 484 g/mol. The number of thiophene rings is 1. The number of hydrazone groups is 1. The van der Waals surface area contributed by atoms with Crippen LogP contribution >= 0.6 is 11.3 Å². The van der Waals surface area contributed by atoms with Gasteiger partial charge in [-0.1, -0.05) is 30.3 Å². The van der Waals surface area contributed by atoms with E-state index in [1.165, 1.54) is 45.7 Å². The van der Waals surface area contributed by atoms with Crippen LogP contribution in [0.1, 0.15) is 44.4 Å². The fraction of sp³-hybridized carbons (Fsp3) is 0.148. The summed E-state index contributed by atoms with van der Waals surface area (Å²) in [6.45, 7) is 1.64. The lowest BCUT2D eigenvalue weighted by Gasteiger charge is -2.22. The largest absolute Gasteiger partial charge is 0.507 e. The average molecular weight is 485 g/mol. The lowest BCUT2D eigenvalue weighted by atomic mass is 9.97. The number of carbonyl (C=O) groups is 1. The first-order valence-corrected chi connectivity index (χ1v) is 12.1. The Labute approximate surface area is 205 Å². The van der Waals surface area contributed by atoms with Gasteiger partial charge in [-0.3, -0.25) is 9.78 Å².